The van der Waals surface area contributed by atoms with Crippen molar-refractivity contribution in [2.75, 3.05) is 0 Å². The van der Waals surface area contributed by atoms with Gasteiger partial charge in [0, 0.05) is 22.8 Å². The number of hydrogen-bond acceptors (Lipinski definition) is 3. The van der Waals surface area contributed by atoms with Crippen LogP contribution in [0.5, 0.6) is 0 Å². The van der Waals surface area contributed by atoms with E-state index in [2.05, 4.69) is 4.98 Å². The number of halogens is 2. The van der Waals surface area contributed by atoms with Crippen molar-refractivity contribution in [3.63, 3.8) is 0 Å². The van der Waals surface area contributed by atoms with E-state index >= 15 is 0 Å². The van der Waals surface area contributed by atoms with E-state index < -0.39 is 0 Å². The molecular formula is C10H8Cl2N2OS. The Kier molecular flexibility index (Phi) is 3.33. The van der Waals surface area contributed by atoms with Crippen molar-refractivity contribution in [3.05, 3.63) is 48.7 Å². The van der Waals surface area contributed by atoms with E-state index in [0.717, 1.165) is 11.3 Å². The van der Waals surface area contributed by atoms with Crippen molar-refractivity contribution in [1.29, 1.82) is 0 Å². The van der Waals surface area contributed by atoms with Crippen LogP contribution < -0.4 is 4.87 Å². The summed E-state index contributed by atoms with van der Waals surface area (Å²) >= 11 is 12.9. The molecule has 0 atom stereocenters. The summed E-state index contributed by atoms with van der Waals surface area (Å²) in [4.78, 5) is 15.5. The minimum absolute atomic E-state index is 0.00326. The van der Waals surface area contributed by atoms with Crippen molar-refractivity contribution in [2.24, 2.45) is 0 Å². The molecule has 6 heteroatoms. The predicted octanol–water partition coefficient (Wildman–Crippen LogP) is 2.97. The van der Waals surface area contributed by atoms with Gasteiger partial charge in [-0.15, -0.1) is 0 Å². The van der Waals surface area contributed by atoms with Crippen LogP contribution in [0, 0.1) is 6.92 Å². The van der Waals surface area contributed by atoms with Gasteiger partial charge in [0.25, 0.3) is 0 Å². The summed E-state index contributed by atoms with van der Waals surface area (Å²) in [5.74, 6) is 0. The first-order valence-electron chi connectivity index (χ1n) is 4.53. The zero-order valence-electron chi connectivity index (χ0n) is 8.41. The number of nitrogens with zero attached hydrogens (tertiary/aromatic N) is 2. The first-order chi connectivity index (χ1) is 7.58. The minimum atomic E-state index is 0.00326. The monoisotopic (exact) mass is 274 g/mol. The lowest BCUT2D eigenvalue weighted by Crippen LogP contribution is -2.15. The third kappa shape index (κ3) is 2.29. The number of thiazole rings is 1. The lowest BCUT2D eigenvalue weighted by Gasteiger charge is -2.06. The maximum absolute atomic E-state index is 11.5. The quantitative estimate of drug-likeness (QED) is 0.790. The fourth-order valence-corrected chi connectivity index (χ4v) is 2.48. The highest BCUT2D eigenvalue weighted by Crippen LogP contribution is 2.19. The SMILES string of the molecule is Cc1csc(=O)n1Cc1cnc(Cl)cc1Cl. The molecule has 0 saturated heterocycles. The Morgan fingerprint density at radius 1 is 1.50 bits per heavy atom. The third-order valence-electron chi connectivity index (χ3n) is 2.20. The maximum Gasteiger partial charge on any atom is 0.307 e. The molecule has 2 aromatic heterocycles. The largest absolute Gasteiger partial charge is 0.307 e. The summed E-state index contributed by atoms with van der Waals surface area (Å²) in [6, 6.07) is 1.57. The summed E-state index contributed by atoms with van der Waals surface area (Å²) in [5.41, 5.74) is 1.70. The molecule has 0 spiro atoms. The molecule has 0 aromatic carbocycles. The van der Waals surface area contributed by atoms with Gasteiger partial charge < -0.3 is 0 Å². The van der Waals surface area contributed by atoms with Crippen LogP contribution in [0.15, 0.2) is 22.4 Å². The van der Waals surface area contributed by atoms with Crippen LogP contribution in [-0.4, -0.2) is 9.55 Å². The second kappa shape index (κ2) is 4.57. The maximum atomic E-state index is 11.5. The van der Waals surface area contributed by atoms with Crippen molar-refractivity contribution in [3.8, 4) is 0 Å². The summed E-state index contributed by atoms with van der Waals surface area (Å²) < 4.78 is 1.65. The first-order valence-corrected chi connectivity index (χ1v) is 6.16. The van der Waals surface area contributed by atoms with E-state index in [1.165, 1.54) is 11.3 Å². The van der Waals surface area contributed by atoms with E-state index in [1.54, 1.807) is 16.8 Å². The van der Waals surface area contributed by atoms with Crippen molar-refractivity contribution >= 4 is 34.5 Å². The number of pyridine rings is 1. The molecule has 2 heterocycles. The van der Waals surface area contributed by atoms with Gasteiger partial charge in [-0.2, -0.15) is 0 Å². The Morgan fingerprint density at radius 3 is 2.81 bits per heavy atom. The average molecular weight is 275 g/mol. The molecule has 0 N–H and O–H groups in total. The lowest BCUT2D eigenvalue weighted by atomic mass is 10.3. The molecule has 84 valence electrons. The van der Waals surface area contributed by atoms with E-state index in [4.69, 9.17) is 23.2 Å². The molecule has 0 fully saturated rings. The van der Waals surface area contributed by atoms with Crippen LogP contribution in [0.3, 0.4) is 0 Å². The summed E-state index contributed by atoms with van der Waals surface area (Å²) in [5, 5.41) is 2.69. The van der Waals surface area contributed by atoms with Crippen molar-refractivity contribution in [1.82, 2.24) is 9.55 Å². The van der Waals surface area contributed by atoms with Gasteiger partial charge in [0.05, 0.1) is 11.6 Å². The Hall–Kier alpha value is -0.840. The smallest absolute Gasteiger partial charge is 0.299 e. The molecule has 0 bridgehead atoms. The van der Waals surface area contributed by atoms with Gasteiger partial charge in [0.15, 0.2) is 0 Å². The number of aromatic nitrogens is 2. The molecule has 0 unspecified atom stereocenters. The average Bonchev–Trinajstić information content (AvgIpc) is 2.53. The van der Waals surface area contributed by atoms with E-state index in [-0.39, 0.29) is 4.87 Å². The Balaban J connectivity index is 2.38. The second-order valence-corrected chi connectivity index (χ2v) is 4.94. The highest BCUT2D eigenvalue weighted by Gasteiger charge is 2.07. The van der Waals surface area contributed by atoms with Gasteiger partial charge in [0.1, 0.15) is 5.15 Å². The van der Waals surface area contributed by atoms with E-state index in [1.807, 2.05) is 12.3 Å². The molecule has 0 radical (unpaired) electrons. The highest BCUT2D eigenvalue weighted by molar-refractivity contribution is 7.07. The third-order valence-corrected chi connectivity index (χ3v) is 3.64. The van der Waals surface area contributed by atoms with E-state index in [9.17, 15) is 4.79 Å². The summed E-state index contributed by atoms with van der Waals surface area (Å²) in [7, 11) is 0. The Labute approximate surface area is 106 Å². The zero-order chi connectivity index (χ0) is 11.7. The molecular weight excluding hydrogens is 267 g/mol. The van der Waals surface area contributed by atoms with Crippen LogP contribution >= 0.6 is 34.5 Å². The second-order valence-electron chi connectivity index (χ2n) is 3.33. The fraction of sp³-hybridized carbons (Fsp3) is 0.200. The molecule has 0 amide bonds. The number of rotatable bonds is 2. The molecule has 0 aliphatic rings. The molecule has 0 aliphatic heterocycles. The van der Waals surface area contributed by atoms with Crippen molar-refractivity contribution in [2.45, 2.75) is 13.5 Å². The van der Waals surface area contributed by atoms with E-state index in [0.29, 0.717) is 16.7 Å². The molecule has 0 saturated carbocycles. The minimum Gasteiger partial charge on any atom is -0.299 e. The van der Waals surface area contributed by atoms with Gasteiger partial charge >= 0.3 is 4.87 Å². The standard InChI is InChI=1S/C10H8Cl2N2OS/c1-6-5-16-10(15)14(6)4-7-3-13-9(12)2-8(7)11/h2-3,5H,4H2,1H3. The van der Waals surface area contributed by atoms with Gasteiger partial charge in [0.2, 0.25) is 0 Å². The van der Waals surface area contributed by atoms with Gasteiger partial charge in [-0.3, -0.25) is 9.36 Å². The zero-order valence-corrected chi connectivity index (χ0v) is 10.7. The van der Waals surface area contributed by atoms with Gasteiger partial charge in [-0.25, -0.2) is 4.98 Å². The van der Waals surface area contributed by atoms with Gasteiger partial charge in [-0.05, 0) is 13.0 Å². The predicted molar refractivity (Wildman–Crippen MR) is 66.7 cm³/mol. The molecule has 2 rings (SSSR count). The molecule has 2 aromatic rings. The van der Waals surface area contributed by atoms with Crippen molar-refractivity contribution < 1.29 is 0 Å². The molecule has 0 aliphatic carbocycles. The molecule has 16 heavy (non-hydrogen) atoms. The van der Waals surface area contributed by atoms with Crippen LogP contribution in [0.2, 0.25) is 10.2 Å². The van der Waals surface area contributed by atoms with Crippen LogP contribution in [0.4, 0.5) is 0 Å². The summed E-state index contributed by atoms with van der Waals surface area (Å²) in [6.45, 7) is 2.31. The van der Waals surface area contributed by atoms with Crippen LogP contribution in [0.25, 0.3) is 0 Å². The normalized spacial score (nSPS) is 10.7. The van der Waals surface area contributed by atoms with Crippen LogP contribution in [0.1, 0.15) is 11.3 Å². The van der Waals surface area contributed by atoms with Crippen LogP contribution in [-0.2, 0) is 6.54 Å². The lowest BCUT2D eigenvalue weighted by molar-refractivity contribution is 0.752. The topological polar surface area (TPSA) is 34.9 Å². The number of hydrogen-bond donors (Lipinski definition) is 0. The van der Waals surface area contributed by atoms with Gasteiger partial charge in [-0.1, -0.05) is 34.5 Å². The Bertz CT molecular complexity index is 576. The molecule has 3 nitrogen and oxygen atoms in total. The highest BCUT2D eigenvalue weighted by atomic mass is 35.5. The first kappa shape index (κ1) is 11.6. The fourth-order valence-electron chi connectivity index (χ4n) is 1.32. The Morgan fingerprint density at radius 2 is 2.25 bits per heavy atom. The number of aryl methyl sites for hydroxylation is 1. The summed E-state index contributed by atoms with van der Waals surface area (Å²) in [6.07, 6.45) is 1.59.